The molecule has 0 aromatic carbocycles. The second kappa shape index (κ2) is 7.20. The van der Waals surface area contributed by atoms with Crippen LogP contribution in [0, 0.1) is 0 Å². The number of pyridine rings is 1. The van der Waals surface area contributed by atoms with Crippen molar-refractivity contribution in [2.45, 2.75) is 20.4 Å². The monoisotopic (exact) mass is 285 g/mol. The molecule has 0 saturated heterocycles. The van der Waals surface area contributed by atoms with Crippen molar-refractivity contribution in [3.8, 4) is 0 Å². The largest absolute Gasteiger partial charge is 0.337 e. The number of sulfonamides is 1. The zero-order valence-electron chi connectivity index (χ0n) is 11.2. The highest BCUT2D eigenvalue weighted by atomic mass is 32.2. The molecule has 0 radical (unpaired) electrons. The van der Waals surface area contributed by atoms with Crippen molar-refractivity contribution in [1.82, 2.24) is 14.6 Å². The van der Waals surface area contributed by atoms with Gasteiger partial charge in [0.1, 0.15) is 0 Å². The Labute approximate surface area is 113 Å². The molecule has 106 valence electrons. The number of carbonyl (C=O) groups excluding carboxylic acids is 1. The minimum absolute atomic E-state index is 0.0374. The molecule has 0 bridgehead atoms. The maximum Gasteiger partial charge on any atom is 0.219 e. The van der Waals surface area contributed by atoms with Gasteiger partial charge in [-0.2, -0.15) is 0 Å². The van der Waals surface area contributed by atoms with E-state index in [1.807, 2.05) is 6.07 Å². The molecule has 0 fully saturated rings. The van der Waals surface area contributed by atoms with Gasteiger partial charge in [0.2, 0.25) is 15.9 Å². The first-order valence-electron chi connectivity index (χ1n) is 6.06. The van der Waals surface area contributed by atoms with Crippen LogP contribution in [0.3, 0.4) is 0 Å². The third-order valence-corrected chi connectivity index (χ3v) is 4.03. The summed E-state index contributed by atoms with van der Waals surface area (Å²) in [6.45, 7) is 4.02. The summed E-state index contributed by atoms with van der Waals surface area (Å²) in [5.74, 6) is -0.0603. The number of rotatable bonds is 7. The van der Waals surface area contributed by atoms with Crippen LogP contribution in [0.2, 0.25) is 0 Å². The van der Waals surface area contributed by atoms with Gasteiger partial charge in [-0.3, -0.25) is 9.78 Å². The molecule has 0 saturated carbocycles. The maximum absolute atomic E-state index is 11.5. The van der Waals surface area contributed by atoms with Crippen LogP contribution in [0.5, 0.6) is 0 Å². The van der Waals surface area contributed by atoms with Gasteiger partial charge in [0.05, 0.1) is 5.75 Å². The molecule has 1 heterocycles. The van der Waals surface area contributed by atoms with Crippen LogP contribution in [0.25, 0.3) is 0 Å². The van der Waals surface area contributed by atoms with E-state index in [9.17, 15) is 13.2 Å². The summed E-state index contributed by atoms with van der Waals surface area (Å²) in [6.07, 6.45) is 3.35. The van der Waals surface area contributed by atoms with Gasteiger partial charge < -0.3 is 4.90 Å². The van der Waals surface area contributed by atoms with Gasteiger partial charge in [0.15, 0.2) is 0 Å². The molecule has 6 nitrogen and oxygen atoms in total. The van der Waals surface area contributed by atoms with Gasteiger partial charge in [-0.1, -0.05) is 6.07 Å². The predicted molar refractivity (Wildman–Crippen MR) is 72.8 cm³/mol. The molecule has 0 aliphatic rings. The highest BCUT2D eigenvalue weighted by Crippen LogP contribution is 2.02. The number of aromatic nitrogens is 1. The van der Waals surface area contributed by atoms with Crippen molar-refractivity contribution in [3.05, 3.63) is 30.1 Å². The van der Waals surface area contributed by atoms with Gasteiger partial charge in [-0.25, -0.2) is 13.1 Å². The summed E-state index contributed by atoms with van der Waals surface area (Å²) < 4.78 is 25.0. The van der Waals surface area contributed by atoms with Gasteiger partial charge in [0, 0.05) is 39.0 Å². The Bertz CT molecular complexity index is 502. The summed E-state index contributed by atoms with van der Waals surface area (Å²) in [6, 6.07) is 3.67. The summed E-state index contributed by atoms with van der Waals surface area (Å²) in [7, 11) is -3.21. The van der Waals surface area contributed by atoms with Crippen molar-refractivity contribution in [1.29, 1.82) is 0 Å². The lowest BCUT2D eigenvalue weighted by molar-refractivity contribution is -0.129. The van der Waals surface area contributed by atoms with E-state index in [-0.39, 0.29) is 18.2 Å². The quantitative estimate of drug-likeness (QED) is 0.785. The summed E-state index contributed by atoms with van der Waals surface area (Å²) in [4.78, 5) is 17.1. The normalized spacial score (nSPS) is 11.3. The van der Waals surface area contributed by atoms with Gasteiger partial charge in [0.25, 0.3) is 0 Å². The van der Waals surface area contributed by atoms with Crippen molar-refractivity contribution in [2.24, 2.45) is 0 Å². The molecule has 0 spiro atoms. The minimum Gasteiger partial charge on any atom is -0.337 e. The smallest absolute Gasteiger partial charge is 0.219 e. The Morgan fingerprint density at radius 3 is 2.74 bits per heavy atom. The van der Waals surface area contributed by atoms with E-state index < -0.39 is 10.0 Å². The Hall–Kier alpha value is -1.47. The Balaban J connectivity index is 2.53. The fourth-order valence-corrected chi connectivity index (χ4v) is 2.10. The first-order chi connectivity index (χ1) is 8.94. The molecule has 0 aliphatic heterocycles. The third-order valence-electron chi connectivity index (χ3n) is 2.63. The van der Waals surface area contributed by atoms with Crippen LogP contribution in [-0.2, 0) is 21.4 Å². The number of nitrogens with one attached hydrogen (secondary N) is 1. The SMILES string of the molecule is CCS(=O)(=O)NCCN(Cc1cccnc1)C(C)=O. The molecule has 1 aromatic rings. The molecular weight excluding hydrogens is 266 g/mol. The van der Waals surface area contributed by atoms with E-state index >= 15 is 0 Å². The predicted octanol–water partition coefficient (Wildman–Crippen LogP) is 0.369. The van der Waals surface area contributed by atoms with Crippen LogP contribution >= 0.6 is 0 Å². The van der Waals surface area contributed by atoms with Gasteiger partial charge in [-0.15, -0.1) is 0 Å². The van der Waals surface area contributed by atoms with Crippen LogP contribution in [0.1, 0.15) is 19.4 Å². The molecule has 0 unspecified atom stereocenters. The Morgan fingerprint density at radius 2 is 2.21 bits per heavy atom. The lowest BCUT2D eigenvalue weighted by Gasteiger charge is -2.21. The van der Waals surface area contributed by atoms with E-state index in [1.54, 1.807) is 30.3 Å². The molecule has 1 aromatic heterocycles. The van der Waals surface area contributed by atoms with E-state index in [0.717, 1.165) is 5.56 Å². The second-order valence-electron chi connectivity index (χ2n) is 4.10. The lowest BCUT2D eigenvalue weighted by Crippen LogP contribution is -2.37. The van der Waals surface area contributed by atoms with Crippen LogP contribution in [0.15, 0.2) is 24.5 Å². The van der Waals surface area contributed by atoms with E-state index in [4.69, 9.17) is 0 Å². The number of hydrogen-bond acceptors (Lipinski definition) is 4. The standard InChI is InChI=1S/C12H19N3O3S/c1-3-19(17,18)14-7-8-15(11(2)16)10-12-5-4-6-13-9-12/h4-6,9,14H,3,7-8,10H2,1-2H3. The van der Waals surface area contributed by atoms with Crippen LogP contribution in [-0.4, -0.2) is 43.1 Å². The van der Waals surface area contributed by atoms with Gasteiger partial charge >= 0.3 is 0 Å². The average Bonchev–Trinajstić information content (AvgIpc) is 2.38. The first kappa shape index (κ1) is 15.6. The number of carbonyl (C=O) groups is 1. The molecule has 1 rings (SSSR count). The fraction of sp³-hybridized carbons (Fsp3) is 0.500. The van der Waals surface area contributed by atoms with Crippen molar-refractivity contribution >= 4 is 15.9 Å². The molecule has 7 heteroatoms. The summed E-state index contributed by atoms with van der Waals surface area (Å²) in [5, 5.41) is 0. The number of hydrogen-bond donors (Lipinski definition) is 1. The van der Waals surface area contributed by atoms with E-state index in [2.05, 4.69) is 9.71 Å². The Morgan fingerprint density at radius 1 is 1.47 bits per heavy atom. The van der Waals surface area contributed by atoms with Crippen molar-refractivity contribution in [2.75, 3.05) is 18.8 Å². The van der Waals surface area contributed by atoms with E-state index in [1.165, 1.54) is 6.92 Å². The third kappa shape index (κ3) is 5.80. The molecule has 0 aliphatic carbocycles. The van der Waals surface area contributed by atoms with Crippen molar-refractivity contribution < 1.29 is 13.2 Å². The molecule has 19 heavy (non-hydrogen) atoms. The lowest BCUT2D eigenvalue weighted by atomic mass is 10.2. The highest BCUT2D eigenvalue weighted by molar-refractivity contribution is 7.89. The van der Waals surface area contributed by atoms with Gasteiger partial charge in [-0.05, 0) is 18.6 Å². The zero-order valence-corrected chi connectivity index (χ0v) is 12.0. The number of amides is 1. The molecule has 1 N–H and O–H groups in total. The summed E-state index contributed by atoms with van der Waals surface area (Å²) >= 11 is 0. The minimum atomic E-state index is -3.21. The molecular formula is C12H19N3O3S. The fourth-order valence-electron chi connectivity index (χ4n) is 1.50. The molecule has 0 atom stereocenters. The highest BCUT2D eigenvalue weighted by Gasteiger charge is 2.11. The Kier molecular flexibility index (Phi) is 5.91. The van der Waals surface area contributed by atoms with E-state index in [0.29, 0.717) is 13.1 Å². The molecule has 1 amide bonds. The second-order valence-corrected chi connectivity index (χ2v) is 6.20. The first-order valence-corrected chi connectivity index (χ1v) is 7.71. The van der Waals surface area contributed by atoms with Crippen LogP contribution in [0.4, 0.5) is 0 Å². The zero-order chi connectivity index (χ0) is 14.3. The number of nitrogens with zero attached hydrogens (tertiary/aromatic N) is 2. The maximum atomic E-state index is 11.5. The topological polar surface area (TPSA) is 79.4 Å². The average molecular weight is 285 g/mol. The van der Waals surface area contributed by atoms with Crippen molar-refractivity contribution in [3.63, 3.8) is 0 Å². The van der Waals surface area contributed by atoms with Crippen LogP contribution < -0.4 is 4.72 Å². The summed E-state index contributed by atoms with van der Waals surface area (Å²) in [5.41, 5.74) is 0.913.